The van der Waals surface area contributed by atoms with Crippen molar-refractivity contribution in [2.45, 2.75) is 25.9 Å². The molecule has 1 fully saturated rings. The van der Waals surface area contributed by atoms with Gasteiger partial charge in [0.05, 0.1) is 17.2 Å². The normalized spacial score (nSPS) is 21.1. The molecule has 0 saturated carbocycles. The minimum Gasteiger partial charge on any atom is -0.377 e. The molecule has 1 aromatic rings. The van der Waals surface area contributed by atoms with Crippen LogP contribution in [-0.4, -0.2) is 37.1 Å². The Morgan fingerprint density at radius 3 is 3.31 bits per heavy atom. The van der Waals surface area contributed by atoms with E-state index in [0.29, 0.717) is 11.0 Å². The van der Waals surface area contributed by atoms with Crippen molar-refractivity contribution in [3.63, 3.8) is 0 Å². The van der Waals surface area contributed by atoms with Gasteiger partial charge in [-0.05, 0) is 19.8 Å². The molecule has 1 saturated heterocycles. The molecule has 2 heterocycles. The van der Waals surface area contributed by atoms with Gasteiger partial charge in [0.15, 0.2) is 11.4 Å². The number of aldehydes is 1. The van der Waals surface area contributed by atoms with Crippen molar-refractivity contribution in [1.82, 2.24) is 4.98 Å². The van der Waals surface area contributed by atoms with E-state index in [1.54, 1.807) is 6.20 Å². The number of carbonyl (C=O) groups is 1. The Balaban J connectivity index is 2.00. The third kappa shape index (κ3) is 2.59. The topological polar surface area (TPSA) is 42.4 Å². The summed E-state index contributed by atoms with van der Waals surface area (Å²) in [4.78, 5) is 17.8. The van der Waals surface area contributed by atoms with Crippen molar-refractivity contribution in [2.24, 2.45) is 0 Å². The SMILES string of the molecule is CCOC1CCCN(c2ncc(C=O)s2)C1. The van der Waals surface area contributed by atoms with Crippen LogP contribution in [0, 0.1) is 0 Å². The van der Waals surface area contributed by atoms with Gasteiger partial charge in [-0.3, -0.25) is 4.79 Å². The van der Waals surface area contributed by atoms with E-state index in [1.807, 2.05) is 6.92 Å². The fraction of sp³-hybridized carbons (Fsp3) is 0.636. The summed E-state index contributed by atoms with van der Waals surface area (Å²) in [7, 11) is 0. The highest BCUT2D eigenvalue weighted by Gasteiger charge is 2.22. The molecule has 2 rings (SSSR count). The fourth-order valence-corrected chi connectivity index (χ4v) is 2.73. The lowest BCUT2D eigenvalue weighted by Crippen LogP contribution is -2.39. The summed E-state index contributed by atoms with van der Waals surface area (Å²) in [6, 6.07) is 0. The number of nitrogens with zero attached hydrogens (tertiary/aromatic N) is 2. The monoisotopic (exact) mass is 240 g/mol. The van der Waals surface area contributed by atoms with Crippen molar-refractivity contribution >= 4 is 22.8 Å². The lowest BCUT2D eigenvalue weighted by atomic mass is 10.1. The molecular weight excluding hydrogens is 224 g/mol. The van der Waals surface area contributed by atoms with Gasteiger partial charge < -0.3 is 9.64 Å². The van der Waals surface area contributed by atoms with Gasteiger partial charge in [-0.25, -0.2) is 4.98 Å². The largest absolute Gasteiger partial charge is 0.377 e. The second kappa shape index (κ2) is 5.41. The van der Waals surface area contributed by atoms with Crippen LogP contribution in [0.4, 0.5) is 5.13 Å². The quantitative estimate of drug-likeness (QED) is 0.755. The van der Waals surface area contributed by atoms with Gasteiger partial charge in [-0.1, -0.05) is 11.3 Å². The highest BCUT2D eigenvalue weighted by molar-refractivity contribution is 7.17. The lowest BCUT2D eigenvalue weighted by Gasteiger charge is -2.32. The van der Waals surface area contributed by atoms with E-state index < -0.39 is 0 Å². The maximum atomic E-state index is 10.6. The molecule has 16 heavy (non-hydrogen) atoms. The zero-order valence-electron chi connectivity index (χ0n) is 9.39. The molecule has 0 amide bonds. The number of anilines is 1. The van der Waals surface area contributed by atoms with Gasteiger partial charge in [-0.2, -0.15) is 0 Å². The number of carbonyl (C=O) groups excluding carboxylic acids is 1. The maximum Gasteiger partial charge on any atom is 0.186 e. The molecule has 1 unspecified atom stereocenters. The Hall–Kier alpha value is -0.940. The zero-order chi connectivity index (χ0) is 11.4. The highest BCUT2D eigenvalue weighted by atomic mass is 32.1. The lowest BCUT2D eigenvalue weighted by molar-refractivity contribution is 0.0526. The Morgan fingerprint density at radius 1 is 1.75 bits per heavy atom. The Kier molecular flexibility index (Phi) is 3.90. The van der Waals surface area contributed by atoms with Crippen LogP contribution in [0.3, 0.4) is 0 Å². The molecule has 5 heteroatoms. The molecule has 88 valence electrons. The second-order valence-electron chi connectivity index (χ2n) is 3.83. The number of aromatic nitrogens is 1. The molecule has 4 nitrogen and oxygen atoms in total. The molecule has 0 N–H and O–H groups in total. The third-order valence-electron chi connectivity index (χ3n) is 2.68. The number of hydrogen-bond acceptors (Lipinski definition) is 5. The summed E-state index contributed by atoms with van der Waals surface area (Å²) < 4.78 is 5.63. The van der Waals surface area contributed by atoms with Gasteiger partial charge >= 0.3 is 0 Å². The van der Waals surface area contributed by atoms with Crippen LogP contribution in [0.25, 0.3) is 0 Å². The summed E-state index contributed by atoms with van der Waals surface area (Å²) in [5.74, 6) is 0. The summed E-state index contributed by atoms with van der Waals surface area (Å²) in [5.41, 5.74) is 0. The third-order valence-corrected chi connectivity index (χ3v) is 3.66. The first-order valence-electron chi connectivity index (χ1n) is 5.61. The zero-order valence-corrected chi connectivity index (χ0v) is 10.2. The molecule has 0 aromatic carbocycles. The van der Waals surface area contributed by atoms with Crippen LogP contribution in [0.1, 0.15) is 29.4 Å². The highest BCUT2D eigenvalue weighted by Crippen LogP contribution is 2.25. The number of thiazole rings is 1. The van der Waals surface area contributed by atoms with E-state index >= 15 is 0 Å². The van der Waals surface area contributed by atoms with E-state index in [0.717, 1.165) is 44.0 Å². The Morgan fingerprint density at radius 2 is 2.62 bits per heavy atom. The Labute approximate surface area is 99.2 Å². The van der Waals surface area contributed by atoms with Crippen LogP contribution in [-0.2, 0) is 4.74 Å². The van der Waals surface area contributed by atoms with E-state index in [-0.39, 0.29) is 0 Å². The first-order chi connectivity index (χ1) is 7.83. The van der Waals surface area contributed by atoms with Crippen LogP contribution in [0.2, 0.25) is 0 Å². The van der Waals surface area contributed by atoms with Crippen LogP contribution >= 0.6 is 11.3 Å². The van der Waals surface area contributed by atoms with Gasteiger partial charge in [-0.15, -0.1) is 0 Å². The second-order valence-corrected chi connectivity index (χ2v) is 4.87. The first kappa shape index (κ1) is 11.5. The van der Waals surface area contributed by atoms with Crippen molar-refractivity contribution in [2.75, 3.05) is 24.6 Å². The number of hydrogen-bond donors (Lipinski definition) is 0. The molecule has 0 spiro atoms. The molecular formula is C11H16N2O2S. The summed E-state index contributed by atoms with van der Waals surface area (Å²) in [6.07, 6.45) is 5.04. The van der Waals surface area contributed by atoms with Crippen molar-refractivity contribution < 1.29 is 9.53 Å². The van der Waals surface area contributed by atoms with Crippen LogP contribution < -0.4 is 4.90 Å². The molecule has 1 atom stereocenters. The fourth-order valence-electron chi connectivity index (χ4n) is 1.96. The summed E-state index contributed by atoms with van der Waals surface area (Å²) >= 11 is 1.45. The molecule has 1 aliphatic heterocycles. The molecule has 0 bridgehead atoms. The Bertz CT molecular complexity index is 352. The van der Waals surface area contributed by atoms with Crippen LogP contribution in [0.15, 0.2) is 6.20 Å². The van der Waals surface area contributed by atoms with Crippen LogP contribution in [0.5, 0.6) is 0 Å². The van der Waals surface area contributed by atoms with Gasteiger partial charge in [0.2, 0.25) is 0 Å². The smallest absolute Gasteiger partial charge is 0.186 e. The molecule has 1 aromatic heterocycles. The minimum absolute atomic E-state index is 0.308. The molecule has 1 aliphatic rings. The maximum absolute atomic E-state index is 10.6. The van der Waals surface area contributed by atoms with Crippen molar-refractivity contribution in [1.29, 1.82) is 0 Å². The number of piperidine rings is 1. The summed E-state index contributed by atoms with van der Waals surface area (Å²) in [5, 5.41) is 0.937. The van der Waals surface area contributed by atoms with E-state index in [9.17, 15) is 4.79 Å². The van der Waals surface area contributed by atoms with E-state index in [4.69, 9.17) is 4.74 Å². The standard InChI is InChI=1S/C11H16N2O2S/c1-2-15-9-4-3-5-13(7-9)11-12-6-10(8-14)16-11/h6,8-9H,2-5,7H2,1H3. The minimum atomic E-state index is 0.308. The first-order valence-corrected chi connectivity index (χ1v) is 6.42. The summed E-state index contributed by atoms with van der Waals surface area (Å²) in [6.45, 7) is 4.68. The average molecular weight is 240 g/mol. The molecule has 0 radical (unpaired) electrons. The van der Waals surface area contributed by atoms with Crippen molar-refractivity contribution in [3.05, 3.63) is 11.1 Å². The van der Waals surface area contributed by atoms with E-state index in [2.05, 4.69) is 9.88 Å². The predicted molar refractivity (Wildman–Crippen MR) is 64.4 cm³/mol. The number of ether oxygens (including phenoxy) is 1. The van der Waals surface area contributed by atoms with Gasteiger partial charge in [0.25, 0.3) is 0 Å². The van der Waals surface area contributed by atoms with Gasteiger partial charge in [0, 0.05) is 19.7 Å². The van der Waals surface area contributed by atoms with Gasteiger partial charge in [0.1, 0.15) is 0 Å². The average Bonchev–Trinajstić information content (AvgIpc) is 2.78. The number of rotatable bonds is 4. The van der Waals surface area contributed by atoms with E-state index in [1.165, 1.54) is 11.3 Å². The van der Waals surface area contributed by atoms with Crippen molar-refractivity contribution in [3.8, 4) is 0 Å². The predicted octanol–water partition coefficient (Wildman–Crippen LogP) is 1.96. The molecule has 0 aliphatic carbocycles.